The number of nitrogens with two attached hydrogens (primary N) is 2. The lowest BCUT2D eigenvalue weighted by molar-refractivity contribution is 0.319. The van der Waals surface area contributed by atoms with Crippen molar-refractivity contribution in [3.8, 4) is 0 Å². The van der Waals surface area contributed by atoms with Crippen LogP contribution in [0, 0.1) is 0 Å². The molecule has 6 N–H and O–H groups in total. The topological polar surface area (TPSA) is 76.1 Å². The third kappa shape index (κ3) is 6.23. The smallest absolute Gasteiger partial charge is 0.0219 e. The number of unbranched alkanes of at least 4 members (excludes halogenated alkanes) is 2. The highest BCUT2D eigenvalue weighted by Crippen LogP contribution is 2.17. The van der Waals surface area contributed by atoms with Crippen LogP contribution in [0.15, 0.2) is 0 Å². The zero-order valence-electron chi connectivity index (χ0n) is 13.7. The molecule has 2 saturated carbocycles. The van der Waals surface area contributed by atoms with Gasteiger partial charge in [0.15, 0.2) is 0 Å². The summed E-state index contributed by atoms with van der Waals surface area (Å²) in [6, 6.07) is 1.90. The third-order valence-electron chi connectivity index (χ3n) is 5.31. The first-order valence-electron chi connectivity index (χ1n) is 9.25. The van der Waals surface area contributed by atoms with Crippen molar-refractivity contribution in [1.82, 2.24) is 10.6 Å². The Bertz CT molecular complexity index is 246. The number of hydrogen-bond acceptors (Lipinski definition) is 4. The Hall–Kier alpha value is -0.160. The van der Waals surface area contributed by atoms with Crippen LogP contribution in [0.5, 0.6) is 0 Å². The quantitative estimate of drug-likeness (QED) is 0.516. The fraction of sp³-hybridized carbons (Fsp3) is 1.00. The summed E-state index contributed by atoms with van der Waals surface area (Å²) >= 11 is 0. The number of rotatable bonds is 8. The van der Waals surface area contributed by atoms with E-state index in [1.165, 1.54) is 70.6 Å². The molecule has 0 spiro atoms. The van der Waals surface area contributed by atoms with Crippen molar-refractivity contribution in [1.29, 1.82) is 0 Å². The average Bonchev–Trinajstić information content (AvgIpc) is 2.50. The van der Waals surface area contributed by atoms with Crippen LogP contribution in [0.3, 0.4) is 0 Å². The van der Waals surface area contributed by atoms with Gasteiger partial charge in [0.25, 0.3) is 0 Å². The van der Waals surface area contributed by atoms with Gasteiger partial charge in [-0.3, -0.25) is 0 Å². The van der Waals surface area contributed by atoms with E-state index < -0.39 is 0 Å². The predicted molar refractivity (Wildman–Crippen MR) is 90.3 cm³/mol. The van der Waals surface area contributed by atoms with Crippen LogP contribution in [0.4, 0.5) is 0 Å². The van der Waals surface area contributed by atoms with Crippen LogP contribution >= 0.6 is 0 Å². The molecule has 4 atom stereocenters. The maximum atomic E-state index is 6.15. The molecule has 0 amide bonds. The predicted octanol–water partition coefficient (Wildman–Crippen LogP) is 1.88. The van der Waals surface area contributed by atoms with Crippen LogP contribution < -0.4 is 22.1 Å². The molecule has 0 heterocycles. The van der Waals surface area contributed by atoms with E-state index in [1.54, 1.807) is 0 Å². The van der Waals surface area contributed by atoms with Crippen molar-refractivity contribution in [2.75, 3.05) is 13.1 Å². The van der Waals surface area contributed by atoms with Gasteiger partial charge in [-0.05, 0) is 51.6 Å². The van der Waals surface area contributed by atoms with Gasteiger partial charge in [-0.1, -0.05) is 32.1 Å². The zero-order chi connectivity index (χ0) is 14.9. The minimum Gasteiger partial charge on any atom is -0.326 e. The van der Waals surface area contributed by atoms with Crippen molar-refractivity contribution in [2.45, 2.75) is 94.8 Å². The molecule has 0 bridgehead atoms. The van der Waals surface area contributed by atoms with Crippen LogP contribution in [0.1, 0.15) is 70.6 Å². The van der Waals surface area contributed by atoms with Crippen LogP contribution in [0.25, 0.3) is 0 Å². The van der Waals surface area contributed by atoms with Crippen molar-refractivity contribution in [3.05, 3.63) is 0 Å². The Morgan fingerprint density at radius 3 is 1.48 bits per heavy atom. The molecule has 0 saturated heterocycles. The van der Waals surface area contributed by atoms with E-state index in [4.69, 9.17) is 11.5 Å². The van der Waals surface area contributed by atoms with Gasteiger partial charge in [0.2, 0.25) is 0 Å². The summed E-state index contributed by atoms with van der Waals surface area (Å²) in [4.78, 5) is 0. The average molecular weight is 297 g/mol. The van der Waals surface area contributed by atoms with Crippen molar-refractivity contribution in [3.63, 3.8) is 0 Å². The first-order chi connectivity index (χ1) is 10.3. The lowest BCUT2D eigenvalue weighted by Gasteiger charge is -2.30. The summed E-state index contributed by atoms with van der Waals surface area (Å²) in [5.74, 6) is 0. The van der Waals surface area contributed by atoms with E-state index in [0.717, 1.165) is 13.1 Å². The highest BCUT2D eigenvalue weighted by molar-refractivity contribution is 4.84. The molecular weight excluding hydrogens is 260 g/mol. The summed E-state index contributed by atoms with van der Waals surface area (Å²) in [6.45, 7) is 2.25. The lowest BCUT2D eigenvalue weighted by atomic mass is 9.91. The normalized spacial score (nSPS) is 34.0. The highest BCUT2D eigenvalue weighted by atomic mass is 15.0. The molecule has 2 aliphatic rings. The third-order valence-corrected chi connectivity index (χ3v) is 5.31. The fourth-order valence-corrected chi connectivity index (χ4v) is 3.83. The first-order valence-corrected chi connectivity index (χ1v) is 9.25. The standard InChI is InChI=1S/C17H36N4/c18-14-8-2-4-10-16(14)20-12-6-1-7-13-21-17-11-5-3-9-15(17)19/h14-17,20-21H,1-13,18-19H2. The Kier molecular flexibility index (Phi) is 8.01. The van der Waals surface area contributed by atoms with E-state index in [1.807, 2.05) is 0 Å². The maximum Gasteiger partial charge on any atom is 0.0219 e. The Morgan fingerprint density at radius 2 is 1.05 bits per heavy atom. The highest BCUT2D eigenvalue weighted by Gasteiger charge is 2.21. The molecule has 0 aromatic heterocycles. The SMILES string of the molecule is NC1CCCCC1NCCCCCNC1CCCCC1N. The molecule has 2 fully saturated rings. The molecule has 124 valence electrons. The summed E-state index contributed by atoms with van der Waals surface area (Å²) < 4.78 is 0. The second-order valence-corrected chi connectivity index (χ2v) is 7.08. The van der Waals surface area contributed by atoms with Gasteiger partial charge in [-0.2, -0.15) is 0 Å². The van der Waals surface area contributed by atoms with E-state index >= 15 is 0 Å². The molecule has 0 aromatic rings. The van der Waals surface area contributed by atoms with E-state index in [0.29, 0.717) is 24.2 Å². The van der Waals surface area contributed by atoms with Gasteiger partial charge >= 0.3 is 0 Å². The first kappa shape index (κ1) is 17.2. The molecule has 4 nitrogen and oxygen atoms in total. The Balaban J connectivity index is 1.43. The van der Waals surface area contributed by atoms with Gasteiger partial charge in [0, 0.05) is 24.2 Å². The molecule has 4 unspecified atom stereocenters. The molecule has 4 heteroatoms. The summed E-state index contributed by atoms with van der Waals surface area (Å²) in [5, 5.41) is 7.31. The van der Waals surface area contributed by atoms with Gasteiger partial charge in [0.1, 0.15) is 0 Å². The van der Waals surface area contributed by atoms with Crippen molar-refractivity contribution in [2.24, 2.45) is 11.5 Å². The molecule has 2 aliphatic carbocycles. The fourth-order valence-electron chi connectivity index (χ4n) is 3.83. The van der Waals surface area contributed by atoms with E-state index in [2.05, 4.69) is 10.6 Å². The second-order valence-electron chi connectivity index (χ2n) is 7.08. The van der Waals surface area contributed by atoms with Crippen LogP contribution in [-0.2, 0) is 0 Å². The van der Waals surface area contributed by atoms with E-state index in [9.17, 15) is 0 Å². The van der Waals surface area contributed by atoms with Crippen molar-refractivity contribution < 1.29 is 0 Å². The van der Waals surface area contributed by atoms with Gasteiger partial charge < -0.3 is 22.1 Å². The van der Waals surface area contributed by atoms with Gasteiger partial charge in [-0.25, -0.2) is 0 Å². The zero-order valence-corrected chi connectivity index (χ0v) is 13.7. The summed E-state index contributed by atoms with van der Waals surface area (Å²) in [5.41, 5.74) is 12.3. The van der Waals surface area contributed by atoms with Crippen molar-refractivity contribution >= 4 is 0 Å². The molecule has 2 rings (SSSR count). The minimum absolute atomic E-state index is 0.383. The maximum absolute atomic E-state index is 6.15. The molecule has 21 heavy (non-hydrogen) atoms. The van der Waals surface area contributed by atoms with Crippen LogP contribution in [0.2, 0.25) is 0 Å². The minimum atomic E-state index is 0.383. The largest absolute Gasteiger partial charge is 0.326 e. The lowest BCUT2D eigenvalue weighted by Crippen LogP contribution is -2.47. The number of hydrogen-bond donors (Lipinski definition) is 4. The van der Waals surface area contributed by atoms with Crippen LogP contribution in [-0.4, -0.2) is 37.3 Å². The van der Waals surface area contributed by atoms with Gasteiger partial charge in [0.05, 0.1) is 0 Å². The molecular formula is C17H36N4. The Morgan fingerprint density at radius 1 is 0.619 bits per heavy atom. The summed E-state index contributed by atoms with van der Waals surface area (Å²) in [7, 11) is 0. The second kappa shape index (κ2) is 9.78. The van der Waals surface area contributed by atoms with E-state index in [-0.39, 0.29) is 0 Å². The van der Waals surface area contributed by atoms with Gasteiger partial charge in [-0.15, -0.1) is 0 Å². The summed E-state index contributed by atoms with van der Waals surface area (Å²) in [6.07, 6.45) is 14.1. The molecule has 0 radical (unpaired) electrons. The molecule has 0 aromatic carbocycles. The number of nitrogens with one attached hydrogen (secondary N) is 2. The Labute approximate surface area is 130 Å². The monoisotopic (exact) mass is 296 g/mol. The molecule has 0 aliphatic heterocycles.